The molecule has 0 heterocycles. The van der Waals surface area contributed by atoms with Crippen molar-refractivity contribution in [3.63, 3.8) is 0 Å². The molecule has 1 unspecified atom stereocenters. The van der Waals surface area contributed by atoms with Gasteiger partial charge in [-0.15, -0.1) is 6.92 Å². The number of rotatable bonds is 1. The zero-order valence-electron chi connectivity index (χ0n) is 16.6. The summed E-state index contributed by atoms with van der Waals surface area (Å²) in [5.41, 5.74) is 11.2. The van der Waals surface area contributed by atoms with E-state index in [2.05, 4.69) is 46.9 Å². The Morgan fingerprint density at radius 3 is 1.71 bits per heavy atom. The van der Waals surface area contributed by atoms with E-state index in [0.29, 0.717) is 5.92 Å². The summed E-state index contributed by atoms with van der Waals surface area (Å²) in [4.78, 5) is 10.7. The molecule has 0 saturated heterocycles. The smallest absolute Gasteiger partial charge is 0.668 e. The summed E-state index contributed by atoms with van der Waals surface area (Å²) in [7, 11) is 0.750. The quantitative estimate of drug-likeness (QED) is 0.395. The van der Waals surface area contributed by atoms with E-state index in [1.54, 1.807) is 0 Å². The van der Waals surface area contributed by atoms with Crippen LogP contribution in [-0.4, -0.2) is 15.4 Å². The second-order valence-corrected chi connectivity index (χ2v) is 7.94. The van der Waals surface area contributed by atoms with Crippen LogP contribution in [0.4, 0.5) is 0 Å². The number of nitrogens with one attached hydrogen (secondary N) is 1. The maximum atomic E-state index is 10.7. The van der Waals surface area contributed by atoms with Gasteiger partial charge < -0.3 is 10.5 Å². The van der Waals surface area contributed by atoms with Crippen LogP contribution in [0.3, 0.4) is 0 Å². The Balaban J connectivity index is 0. The second-order valence-electron chi connectivity index (χ2n) is 6.78. The Morgan fingerprint density at radius 1 is 1.04 bits per heavy atom. The summed E-state index contributed by atoms with van der Waals surface area (Å²) in [5.74, 6) is 0.284. The number of hydrogen-bond donors (Lipinski definition) is 0. The van der Waals surface area contributed by atoms with Crippen molar-refractivity contribution in [2.45, 2.75) is 85.7 Å². The molecule has 0 aromatic rings. The molecule has 1 atom stereocenters. The maximum absolute atomic E-state index is 10.7. The van der Waals surface area contributed by atoms with Crippen LogP contribution < -0.4 is 0 Å². The van der Waals surface area contributed by atoms with Crippen molar-refractivity contribution >= 4 is 15.4 Å². The average Bonchev–Trinajstić information content (AvgIpc) is 2.66. The number of amides is 1. The van der Waals surface area contributed by atoms with E-state index in [1.807, 2.05) is 0 Å². The standard InChI is InChI=1S/C9H17NO.C9H13.C2H7Si.Ti/c10-9(11)8-6-4-2-1-3-5-7-8;1-6-5-7(2)9(4)8(6)3;1-3-2;/h8H,1-7H2,(H2,10,11);6H,1-4H3;3H,1-2H3;/q;-1;;+2/p-1. The largest absolute Gasteiger partial charge is 2.00 e. The fourth-order valence-electron chi connectivity index (χ4n) is 2.88. The fraction of sp³-hybridized carbons (Fsp3) is 0.750. The molecule has 135 valence electrons. The van der Waals surface area contributed by atoms with Crippen LogP contribution in [0, 0.1) is 17.9 Å². The van der Waals surface area contributed by atoms with Crippen LogP contribution in [0.5, 0.6) is 0 Å². The molecule has 2 nitrogen and oxygen atoms in total. The topological polar surface area (TPSA) is 40.9 Å². The first-order valence-electron chi connectivity index (χ1n) is 9.12. The molecule has 0 spiro atoms. The van der Waals surface area contributed by atoms with Gasteiger partial charge in [0.25, 0.3) is 0 Å². The normalized spacial score (nSPS) is 21.1. The zero-order valence-corrected chi connectivity index (χ0v) is 19.3. The minimum Gasteiger partial charge on any atom is -0.668 e. The molecule has 0 bridgehead atoms. The average molecular weight is 382 g/mol. The van der Waals surface area contributed by atoms with Crippen molar-refractivity contribution in [2.24, 2.45) is 11.8 Å². The molecule has 0 aromatic carbocycles. The predicted octanol–water partition coefficient (Wildman–Crippen LogP) is 6.16. The number of hydrogen-bond acceptors (Lipinski definition) is 1. The summed E-state index contributed by atoms with van der Waals surface area (Å²) in [5, 5.41) is 0. The van der Waals surface area contributed by atoms with Crippen molar-refractivity contribution in [2.75, 3.05) is 0 Å². The first-order valence-corrected chi connectivity index (χ1v) is 11.4. The third kappa shape index (κ3) is 10.7. The van der Waals surface area contributed by atoms with Gasteiger partial charge in [0, 0.05) is 15.4 Å². The Morgan fingerprint density at radius 2 is 1.46 bits per heavy atom. The van der Waals surface area contributed by atoms with Gasteiger partial charge in [-0.25, -0.2) is 5.57 Å². The van der Waals surface area contributed by atoms with E-state index >= 15 is 0 Å². The summed E-state index contributed by atoms with van der Waals surface area (Å²) in [6, 6.07) is 0. The van der Waals surface area contributed by atoms with Crippen LogP contribution in [0.2, 0.25) is 13.1 Å². The van der Waals surface area contributed by atoms with Gasteiger partial charge in [-0.2, -0.15) is 11.1 Å². The van der Waals surface area contributed by atoms with E-state index in [9.17, 15) is 4.79 Å². The molecule has 1 N–H and O–H groups in total. The molecule has 1 saturated carbocycles. The van der Waals surface area contributed by atoms with E-state index < -0.39 is 0 Å². The van der Waals surface area contributed by atoms with Gasteiger partial charge in [0.05, 0.1) is 5.91 Å². The van der Waals surface area contributed by atoms with Gasteiger partial charge in [0.2, 0.25) is 0 Å². The molecular formula is C20H36NOSiTi. The van der Waals surface area contributed by atoms with E-state index in [-0.39, 0.29) is 33.5 Å². The van der Waals surface area contributed by atoms with E-state index in [1.165, 1.54) is 36.0 Å². The molecule has 24 heavy (non-hydrogen) atoms. The van der Waals surface area contributed by atoms with Crippen molar-refractivity contribution < 1.29 is 26.5 Å². The summed E-state index contributed by atoms with van der Waals surface area (Å²) in [6.45, 7) is 13.1. The summed E-state index contributed by atoms with van der Waals surface area (Å²) >= 11 is 0. The monoisotopic (exact) mass is 382 g/mol. The Bertz CT molecular complexity index is 410. The Hall–Kier alpha value is -0.119. The molecule has 2 aliphatic carbocycles. The van der Waals surface area contributed by atoms with E-state index in [0.717, 1.165) is 35.2 Å². The maximum Gasteiger partial charge on any atom is 2.00 e. The summed E-state index contributed by atoms with van der Waals surface area (Å²) < 4.78 is 0. The molecule has 0 aliphatic heterocycles. The van der Waals surface area contributed by atoms with Gasteiger partial charge >= 0.3 is 21.7 Å². The van der Waals surface area contributed by atoms with Crippen molar-refractivity contribution in [1.82, 2.24) is 0 Å². The molecule has 2 aliphatic rings. The third-order valence-corrected chi connectivity index (χ3v) is 4.71. The van der Waals surface area contributed by atoms with Gasteiger partial charge in [0.15, 0.2) is 0 Å². The molecule has 2 rings (SSSR count). The van der Waals surface area contributed by atoms with Crippen molar-refractivity contribution in [3.05, 3.63) is 28.5 Å². The van der Waals surface area contributed by atoms with E-state index in [4.69, 9.17) is 5.73 Å². The number of carbonyl (C=O) groups is 1. The van der Waals surface area contributed by atoms with Crippen LogP contribution in [0.15, 0.2) is 16.7 Å². The summed E-state index contributed by atoms with van der Waals surface area (Å²) in [6.07, 6.45) is 11.4. The fourth-order valence-corrected chi connectivity index (χ4v) is 2.88. The van der Waals surface area contributed by atoms with Crippen LogP contribution in [0.1, 0.15) is 72.6 Å². The first-order chi connectivity index (χ1) is 10.8. The van der Waals surface area contributed by atoms with Gasteiger partial charge in [-0.1, -0.05) is 71.9 Å². The second kappa shape index (κ2) is 15.2. The predicted molar refractivity (Wildman–Crippen MR) is 104 cm³/mol. The minimum absolute atomic E-state index is 0. The first kappa shape index (κ1) is 26.1. The number of allylic oxidation sites excluding steroid dienone is 4. The van der Waals surface area contributed by atoms with Crippen LogP contribution in [-0.2, 0) is 26.5 Å². The SMILES string of the molecule is CC1=[C-]C(C)C(C)=C1C.C[SiH]C.[NH-]C(=O)C1CCCCCCC1.[Ti+2]. The third-order valence-electron chi connectivity index (χ3n) is 4.71. The van der Waals surface area contributed by atoms with Gasteiger partial charge in [-0.05, 0) is 12.8 Å². The molecule has 1 radical (unpaired) electrons. The number of carbonyl (C=O) groups excluding carboxylic acids is 1. The van der Waals surface area contributed by atoms with Crippen molar-refractivity contribution in [3.8, 4) is 0 Å². The Kier molecular flexibility index (Phi) is 16.5. The van der Waals surface area contributed by atoms with Crippen molar-refractivity contribution in [1.29, 1.82) is 0 Å². The molecule has 4 heteroatoms. The van der Waals surface area contributed by atoms with Crippen LogP contribution >= 0.6 is 0 Å². The van der Waals surface area contributed by atoms with Crippen LogP contribution in [0.25, 0.3) is 5.73 Å². The Labute approximate surface area is 167 Å². The van der Waals surface area contributed by atoms with Gasteiger partial charge in [-0.3, -0.25) is 6.08 Å². The molecule has 1 amide bonds. The molecule has 0 aromatic heterocycles. The van der Waals surface area contributed by atoms with Gasteiger partial charge in [0.1, 0.15) is 0 Å². The molecular weight excluding hydrogens is 346 g/mol. The minimum atomic E-state index is -0.341. The zero-order chi connectivity index (χ0) is 17.8. The molecule has 1 fully saturated rings.